The van der Waals surface area contributed by atoms with E-state index < -0.39 is 8.07 Å². The second-order valence-corrected chi connectivity index (χ2v) is 26.1. The Hall–Kier alpha value is -3.80. The molecular formula is C59H71N3Si-. The smallest absolute Gasteiger partial charge is 0.0824 e. The number of benzene rings is 2. The van der Waals surface area contributed by atoms with Crippen molar-refractivity contribution in [2.24, 2.45) is 17.8 Å². The molecule has 1 saturated heterocycles. The Bertz CT molecular complexity index is 2420. The molecule has 0 spiro atoms. The minimum atomic E-state index is -2.09. The van der Waals surface area contributed by atoms with Crippen molar-refractivity contribution in [2.45, 2.75) is 163 Å². The molecule has 63 heavy (non-hydrogen) atoms. The molecule has 0 amide bonds. The minimum absolute atomic E-state index is 0.173. The Labute approximate surface area is 379 Å². The van der Waals surface area contributed by atoms with E-state index in [1.54, 1.807) is 39.0 Å². The molecule has 1 fully saturated rings. The molecule has 0 aromatic heterocycles. The van der Waals surface area contributed by atoms with E-state index in [9.17, 15) is 0 Å². The second kappa shape index (κ2) is 17.5. The monoisotopic (exact) mass is 850 g/mol. The largest absolute Gasteiger partial charge is 0.282 e. The van der Waals surface area contributed by atoms with Crippen molar-refractivity contribution in [3.63, 3.8) is 0 Å². The maximum Gasteiger partial charge on any atom is 0.0824 e. The lowest BCUT2D eigenvalue weighted by molar-refractivity contribution is 0.182. The molecule has 11 unspecified atom stereocenters. The lowest BCUT2D eigenvalue weighted by atomic mass is 9.74. The Balaban J connectivity index is 0.875. The minimum Gasteiger partial charge on any atom is -0.282 e. The fraction of sp³-hybridized carbons (Fsp3) is 0.492. The fourth-order valence-electron chi connectivity index (χ4n) is 15.0. The summed E-state index contributed by atoms with van der Waals surface area (Å²) >= 11 is 0. The van der Waals surface area contributed by atoms with Crippen LogP contribution in [-0.2, 0) is 0 Å². The van der Waals surface area contributed by atoms with E-state index in [1.807, 2.05) is 5.19 Å². The second-order valence-electron chi connectivity index (χ2n) is 21.4. The van der Waals surface area contributed by atoms with E-state index in [2.05, 4.69) is 137 Å². The van der Waals surface area contributed by atoms with Gasteiger partial charge < -0.3 is 0 Å². The third-order valence-corrected chi connectivity index (χ3v) is 24.9. The summed E-state index contributed by atoms with van der Waals surface area (Å²) in [5.41, 5.74) is 13.6. The van der Waals surface area contributed by atoms with Gasteiger partial charge >= 0.3 is 0 Å². The molecule has 0 radical (unpaired) electrons. The maximum atomic E-state index is 4.33. The Kier molecular flexibility index (Phi) is 11.3. The molecule has 3 N–H and O–H groups in total. The average Bonchev–Trinajstić information content (AvgIpc) is 3.65. The summed E-state index contributed by atoms with van der Waals surface area (Å²) in [4.78, 5) is 0. The summed E-state index contributed by atoms with van der Waals surface area (Å²) in [5, 5.41) is 17.6. The van der Waals surface area contributed by atoms with Gasteiger partial charge in [-0.3, -0.25) is 16.0 Å². The predicted octanol–water partition coefficient (Wildman–Crippen LogP) is 13.6. The van der Waals surface area contributed by atoms with Gasteiger partial charge in [-0.25, -0.2) is 0 Å². The van der Waals surface area contributed by atoms with Gasteiger partial charge in [0.05, 0.1) is 18.5 Å². The SMILES string of the molecule is C1=CC([Si-]2(C3CC=CCC3)c3cc4ccccc4cc3C3CC=C(C4NC(C5=CC=C(C6=CCCCC6)CC5)NC(C5C=CC(C6C=CC7=C(C=CCC7)C6)CC5)N4)CC32)CCC1. The molecule has 4 heteroatoms. The highest BCUT2D eigenvalue weighted by Gasteiger charge is 2.52. The molecule has 8 aliphatic carbocycles. The van der Waals surface area contributed by atoms with Crippen molar-refractivity contribution in [3.8, 4) is 0 Å². The highest BCUT2D eigenvalue weighted by molar-refractivity contribution is 6.97. The van der Waals surface area contributed by atoms with Crippen LogP contribution >= 0.6 is 0 Å². The van der Waals surface area contributed by atoms with E-state index in [1.165, 1.54) is 126 Å². The summed E-state index contributed by atoms with van der Waals surface area (Å²) < 4.78 is 0. The summed E-state index contributed by atoms with van der Waals surface area (Å²) in [5.74, 6) is 2.37. The van der Waals surface area contributed by atoms with Crippen LogP contribution in [0.15, 0.2) is 155 Å². The number of fused-ring (bicyclic) bond motifs is 4. The highest BCUT2D eigenvalue weighted by Crippen LogP contribution is 2.63. The maximum absolute atomic E-state index is 4.33. The van der Waals surface area contributed by atoms with Crippen LogP contribution in [0, 0.1) is 17.8 Å². The van der Waals surface area contributed by atoms with Crippen LogP contribution in [0.2, 0.25) is 16.6 Å². The van der Waals surface area contributed by atoms with Crippen LogP contribution in [-0.4, -0.2) is 26.6 Å². The predicted molar refractivity (Wildman–Crippen MR) is 267 cm³/mol. The first-order chi connectivity index (χ1) is 31.2. The Morgan fingerprint density at radius 2 is 1.44 bits per heavy atom. The highest BCUT2D eigenvalue weighted by atomic mass is 28.3. The van der Waals surface area contributed by atoms with Gasteiger partial charge in [-0.15, -0.1) is 22.7 Å². The van der Waals surface area contributed by atoms with Gasteiger partial charge in [-0.2, -0.15) is 5.19 Å². The molecule has 0 bridgehead atoms. The normalized spacial score (nSPS) is 37.5. The van der Waals surface area contributed by atoms with Gasteiger partial charge in [0.1, 0.15) is 0 Å². The van der Waals surface area contributed by atoms with Crippen LogP contribution in [0.25, 0.3) is 10.8 Å². The van der Waals surface area contributed by atoms with E-state index in [4.69, 9.17) is 0 Å². The molecule has 2 aliphatic heterocycles. The van der Waals surface area contributed by atoms with Crippen molar-refractivity contribution in [2.75, 3.05) is 0 Å². The molecule has 2 aromatic carbocycles. The van der Waals surface area contributed by atoms with Crippen LogP contribution in [0.4, 0.5) is 0 Å². The molecule has 2 aromatic rings. The molecule has 3 nitrogen and oxygen atoms in total. The third-order valence-electron chi connectivity index (χ3n) is 18.2. The fourth-order valence-corrected chi connectivity index (χ4v) is 23.0. The Morgan fingerprint density at radius 3 is 2.24 bits per heavy atom. The molecule has 11 atom stereocenters. The lowest BCUT2D eigenvalue weighted by Gasteiger charge is -2.60. The number of rotatable bonds is 7. The van der Waals surface area contributed by atoms with Gasteiger partial charge in [0.2, 0.25) is 0 Å². The molecule has 10 aliphatic rings. The van der Waals surface area contributed by atoms with Crippen molar-refractivity contribution in [1.82, 2.24) is 16.0 Å². The van der Waals surface area contributed by atoms with Crippen LogP contribution in [0.5, 0.6) is 0 Å². The molecule has 327 valence electrons. The van der Waals surface area contributed by atoms with Crippen molar-refractivity contribution >= 4 is 24.0 Å². The molecule has 12 rings (SSSR count). The van der Waals surface area contributed by atoms with Gasteiger partial charge in [0.25, 0.3) is 0 Å². The average molecular weight is 850 g/mol. The van der Waals surface area contributed by atoms with Crippen LogP contribution in [0.3, 0.4) is 0 Å². The summed E-state index contributed by atoms with van der Waals surface area (Å²) in [6.07, 6.45) is 60.4. The standard InChI is InChI=1S/C59H71N3Si/c1-4-14-40(15-5-1)42-24-29-44(30-25-42)57-60-58(45-31-26-43(27-32-45)49-33-28-41-16-10-11-17-46(41)36-49)62-59(61-57)50-34-35-53-54-37-47-18-12-13-19-48(47)38-56(54)63(55(53)39-50,51-20-6-2-7-21-51)52-22-8-3-9-23-52/h2,6,8,11-14,17-19,22,24,26,28-29,31,33-34,37-38,43,45,49,51-53,55,57-62H,1,3-5,7,9-10,15-16,20-21,23,25,27,30,32,35-36,39H2/q-1. The van der Waals surface area contributed by atoms with Crippen molar-refractivity contribution in [1.29, 1.82) is 0 Å². The third kappa shape index (κ3) is 7.53. The summed E-state index contributed by atoms with van der Waals surface area (Å²) in [6, 6.07) is 14.7. The Morgan fingerprint density at radius 1 is 0.556 bits per heavy atom. The lowest BCUT2D eigenvalue weighted by Crippen LogP contribution is -2.70. The first kappa shape index (κ1) is 40.7. The number of hydrogen-bond donors (Lipinski definition) is 3. The number of allylic oxidation sites excluding steroid dienone is 17. The van der Waals surface area contributed by atoms with Crippen LogP contribution in [0.1, 0.15) is 133 Å². The van der Waals surface area contributed by atoms with E-state index in [-0.39, 0.29) is 18.5 Å². The topological polar surface area (TPSA) is 36.1 Å². The van der Waals surface area contributed by atoms with Gasteiger partial charge in [-0.05, 0) is 152 Å². The van der Waals surface area contributed by atoms with E-state index >= 15 is 0 Å². The number of hydrogen-bond acceptors (Lipinski definition) is 3. The summed E-state index contributed by atoms with van der Waals surface area (Å²) in [7, 11) is -2.09. The van der Waals surface area contributed by atoms with Gasteiger partial charge in [0, 0.05) is 5.92 Å². The zero-order valence-electron chi connectivity index (χ0n) is 37.8. The first-order valence-corrected chi connectivity index (χ1v) is 28.1. The zero-order valence-corrected chi connectivity index (χ0v) is 38.8. The first-order valence-electron chi connectivity index (χ1n) is 25.8. The van der Waals surface area contributed by atoms with Gasteiger partial charge in [-0.1, -0.05) is 161 Å². The van der Waals surface area contributed by atoms with Crippen molar-refractivity contribution < 1.29 is 0 Å². The number of nitrogens with one attached hydrogen (secondary N) is 3. The van der Waals surface area contributed by atoms with Crippen molar-refractivity contribution in [3.05, 3.63) is 160 Å². The summed E-state index contributed by atoms with van der Waals surface area (Å²) in [6.45, 7) is 0. The quantitative estimate of drug-likeness (QED) is 0.192. The molecular weight excluding hydrogens is 779 g/mol. The molecule has 2 heterocycles. The van der Waals surface area contributed by atoms with E-state index in [0.717, 1.165) is 23.0 Å². The van der Waals surface area contributed by atoms with Crippen LogP contribution < -0.4 is 21.1 Å². The zero-order chi connectivity index (χ0) is 41.7. The molecule has 0 saturated carbocycles. The van der Waals surface area contributed by atoms with E-state index in [0.29, 0.717) is 23.7 Å². The van der Waals surface area contributed by atoms with Gasteiger partial charge in [0.15, 0.2) is 0 Å².